The quantitative estimate of drug-likeness (QED) is 0.210. The van der Waals surface area contributed by atoms with Crippen LogP contribution in [0.2, 0.25) is 0 Å². The van der Waals surface area contributed by atoms with Gasteiger partial charge in [0.25, 0.3) is 17.4 Å². The van der Waals surface area contributed by atoms with Crippen LogP contribution in [-0.4, -0.2) is 28.8 Å². The fourth-order valence-corrected chi connectivity index (χ4v) is 3.70. The van der Waals surface area contributed by atoms with E-state index in [9.17, 15) is 24.8 Å². The lowest BCUT2D eigenvalue weighted by Gasteiger charge is -2.25. The third-order valence-corrected chi connectivity index (χ3v) is 5.15. The molecule has 0 saturated carbocycles. The van der Waals surface area contributed by atoms with Gasteiger partial charge in [0.05, 0.1) is 23.3 Å². The molecule has 1 aliphatic rings. The summed E-state index contributed by atoms with van der Waals surface area (Å²) in [6.07, 6.45) is 0. The summed E-state index contributed by atoms with van der Waals surface area (Å²) in [6.45, 7) is 1.71. The van der Waals surface area contributed by atoms with Gasteiger partial charge in [-0.15, -0.1) is 0 Å². The van der Waals surface area contributed by atoms with Gasteiger partial charge < -0.3 is 14.3 Å². The molecule has 9 heteroatoms. The number of anilines is 1. The lowest BCUT2D eigenvalue weighted by molar-refractivity contribution is -0.384. The number of ketones is 1. The van der Waals surface area contributed by atoms with E-state index in [2.05, 4.69) is 0 Å². The molecule has 1 N–H and O–H groups in total. The topological polar surface area (TPSA) is 123 Å². The fourth-order valence-electron chi connectivity index (χ4n) is 3.70. The second-order valence-corrected chi connectivity index (χ2v) is 7.10. The van der Waals surface area contributed by atoms with Crippen LogP contribution >= 0.6 is 0 Å². The minimum atomic E-state index is -1.10. The van der Waals surface area contributed by atoms with Gasteiger partial charge in [0.15, 0.2) is 0 Å². The van der Waals surface area contributed by atoms with Crippen molar-refractivity contribution in [2.45, 2.75) is 13.0 Å². The Balaban J connectivity index is 1.96. The van der Waals surface area contributed by atoms with E-state index in [1.807, 2.05) is 0 Å². The Labute approximate surface area is 182 Å². The molecule has 1 saturated heterocycles. The molecule has 1 aliphatic heterocycles. The number of aliphatic hydroxyl groups excluding tert-OH is 1. The van der Waals surface area contributed by atoms with E-state index in [0.29, 0.717) is 17.2 Å². The average Bonchev–Trinajstić information content (AvgIpc) is 3.34. The predicted octanol–water partition coefficient (Wildman–Crippen LogP) is 4.13. The highest BCUT2D eigenvalue weighted by Gasteiger charge is 2.49. The minimum Gasteiger partial charge on any atom is -0.507 e. The lowest BCUT2D eigenvalue weighted by Crippen LogP contribution is -2.29. The van der Waals surface area contributed by atoms with Crippen LogP contribution in [0.15, 0.2) is 70.7 Å². The molecule has 2 heterocycles. The van der Waals surface area contributed by atoms with Crippen molar-refractivity contribution < 1.29 is 28.8 Å². The van der Waals surface area contributed by atoms with Gasteiger partial charge in [-0.3, -0.25) is 24.6 Å². The van der Waals surface area contributed by atoms with Crippen LogP contribution < -0.4 is 9.64 Å². The Morgan fingerprint density at radius 2 is 1.88 bits per heavy atom. The van der Waals surface area contributed by atoms with E-state index in [1.54, 1.807) is 43.3 Å². The van der Waals surface area contributed by atoms with E-state index in [1.165, 1.54) is 30.2 Å². The van der Waals surface area contributed by atoms with E-state index in [4.69, 9.17) is 9.15 Å². The number of furan rings is 1. The summed E-state index contributed by atoms with van der Waals surface area (Å²) in [6, 6.07) is 14.0. The number of para-hydroxylation sites is 2. The number of methoxy groups -OCH3 is 1. The molecule has 162 valence electrons. The molecule has 0 aliphatic carbocycles. The van der Waals surface area contributed by atoms with Crippen LogP contribution in [0.5, 0.6) is 5.75 Å². The molecule has 3 aromatic rings. The second-order valence-electron chi connectivity index (χ2n) is 7.10. The number of nitro groups is 1. The Hall–Kier alpha value is -4.40. The maximum Gasteiger partial charge on any atom is 0.300 e. The van der Waals surface area contributed by atoms with Crippen molar-refractivity contribution in [2.24, 2.45) is 0 Å². The zero-order valence-electron chi connectivity index (χ0n) is 17.1. The molecule has 1 fully saturated rings. The first-order valence-corrected chi connectivity index (χ1v) is 9.58. The summed E-state index contributed by atoms with van der Waals surface area (Å²) in [5, 5.41) is 22.2. The van der Waals surface area contributed by atoms with Crippen molar-refractivity contribution in [1.29, 1.82) is 0 Å². The molecule has 0 spiro atoms. The molecule has 4 rings (SSSR count). The van der Waals surface area contributed by atoms with Gasteiger partial charge >= 0.3 is 0 Å². The Morgan fingerprint density at radius 1 is 1.12 bits per heavy atom. The van der Waals surface area contributed by atoms with E-state index in [-0.39, 0.29) is 22.6 Å². The Kier molecular flexibility index (Phi) is 5.23. The van der Waals surface area contributed by atoms with Crippen molar-refractivity contribution in [3.8, 4) is 5.75 Å². The third kappa shape index (κ3) is 3.39. The predicted molar refractivity (Wildman–Crippen MR) is 114 cm³/mol. The monoisotopic (exact) mass is 434 g/mol. The number of carbonyl (C=O) groups excluding carboxylic acids is 2. The average molecular weight is 434 g/mol. The van der Waals surface area contributed by atoms with Gasteiger partial charge in [-0.2, -0.15) is 0 Å². The van der Waals surface area contributed by atoms with Gasteiger partial charge in [0, 0.05) is 17.7 Å². The van der Waals surface area contributed by atoms with Crippen LogP contribution in [0.3, 0.4) is 0 Å². The van der Waals surface area contributed by atoms with E-state index < -0.39 is 28.4 Å². The Morgan fingerprint density at radius 3 is 2.53 bits per heavy atom. The highest BCUT2D eigenvalue weighted by Crippen LogP contribution is 2.45. The molecule has 0 bridgehead atoms. The summed E-state index contributed by atoms with van der Waals surface area (Å²) in [5.41, 5.74) is -0.158. The van der Waals surface area contributed by atoms with Crippen LogP contribution in [0, 0.1) is 17.0 Å². The molecular weight excluding hydrogens is 416 g/mol. The summed E-state index contributed by atoms with van der Waals surface area (Å²) in [7, 11) is 1.44. The first-order chi connectivity index (χ1) is 15.3. The van der Waals surface area contributed by atoms with Gasteiger partial charge in [0.2, 0.25) is 0 Å². The standard InChI is InChI=1S/C23H18N2O7/c1-13-10-11-18(32-13)20-19(21(26)14-6-5-7-15(12-14)25(29)30)22(27)23(28)24(20)16-8-3-4-9-17(16)31-2/h3-12,20,26H,1-2H3/b21-19-. The number of aliphatic hydroxyl groups is 1. The smallest absolute Gasteiger partial charge is 0.300 e. The molecular formula is C23H18N2O7. The maximum atomic E-state index is 13.1. The van der Waals surface area contributed by atoms with Gasteiger partial charge in [-0.1, -0.05) is 24.3 Å². The molecule has 1 aromatic heterocycles. The van der Waals surface area contributed by atoms with E-state index >= 15 is 0 Å². The summed E-state index contributed by atoms with van der Waals surface area (Å²) >= 11 is 0. The first kappa shape index (κ1) is 20.9. The maximum absolute atomic E-state index is 13.1. The fraction of sp³-hybridized carbons (Fsp3) is 0.130. The molecule has 9 nitrogen and oxygen atoms in total. The number of amides is 1. The molecule has 1 amide bonds. The number of hydrogen-bond acceptors (Lipinski definition) is 7. The number of benzene rings is 2. The number of nitro benzene ring substituents is 1. The van der Waals surface area contributed by atoms with Gasteiger partial charge in [-0.05, 0) is 31.2 Å². The number of rotatable bonds is 5. The van der Waals surface area contributed by atoms with Gasteiger partial charge in [0.1, 0.15) is 29.1 Å². The SMILES string of the molecule is COc1ccccc1N1C(=O)C(=O)/C(=C(\O)c2cccc([N+](=O)[O-])c2)C1c1ccc(C)o1. The van der Waals surface area contributed by atoms with E-state index in [0.717, 1.165) is 6.07 Å². The van der Waals surface area contributed by atoms with Crippen LogP contribution in [0.4, 0.5) is 11.4 Å². The first-order valence-electron chi connectivity index (χ1n) is 9.58. The Bertz CT molecular complexity index is 1270. The summed E-state index contributed by atoms with van der Waals surface area (Å²) < 4.78 is 11.1. The van der Waals surface area contributed by atoms with Crippen LogP contribution in [0.1, 0.15) is 23.1 Å². The van der Waals surface area contributed by atoms with Crippen LogP contribution in [-0.2, 0) is 9.59 Å². The zero-order valence-corrected chi connectivity index (χ0v) is 17.1. The summed E-state index contributed by atoms with van der Waals surface area (Å²) in [4.78, 5) is 37.9. The molecule has 0 radical (unpaired) electrons. The lowest BCUT2D eigenvalue weighted by atomic mass is 9.99. The highest BCUT2D eigenvalue weighted by molar-refractivity contribution is 6.51. The number of Topliss-reactive ketones (excluding diaryl/α,β-unsaturated/α-hetero) is 1. The minimum absolute atomic E-state index is 0.0329. The molecule has 2 aromatic carbocycles. The van der Waals surface area contributed by atoms with Crippen molar-refractivity contribution in [1.82, 2.24) is 0 Å². The number of carbonyl (C=O) groups is 2. The zero-order chi connectivity index (χ0) is 23.0. The molecule has 1 atom stereocenters. The highest BCUT2D eigenvalue weighted by atomic mass is 16.6. The molecule has 32 heavy (non-hydrogen) atoms. The number of ether oxygens (including phenoxy) is 1. The number of nitrogens with zero attached hydrogens (tertiary/aromatic N) is 2. The van der Waals surface area contributed by atoms with Crippen LogP contribution in [0.25, 0.3) is 5.76 Å². The van der Waals surface area contributed by atoms with Gasteiger partial charge in [-0.25, -0.2) is 0 Å². The number of hydrogen-bond donors (Lipinski definition) is 1. The number of aryl methyl sites for hydroxylation is 1. The second kappa shape index (κ2) is 8.03. The van der Waals surface area contributed by atoms with Crippen molar-refractivity contribution in [3.05, 3.63) is 93.4 Å². The normalized spacial score (nSPS) is 17.6. The largest absolute Gasteiger partial charge is 0.507 e. The third-order valence-electron chi connectivity index (χ3n) is 5.15. The van der Waals surface area contributed by atoms with Crippen molar-refractivity contribution >= 4 is 28.8 Å². The van der Waals surface area contributed by atoms with Crippen molar-refractivity contribution in [3.63, 3.8) is 0 Å². The summed E-state index contributed by atoms with van der Waals surface area (Å²) in [5.74, 6) is -1.23. The number of non-ortho nitro benzene ring substituents is 1. The van der Waals surface area contributed by atoms with Crippen molar-refractivity contribution in [2.75, 3.05) is 12.0 Å². The molecule has 1 unspecified atom stereocenters.